The fourth-order valence-electron chi connectivity index (χ4n) is 3.71. The molecule has 2 aromatic carbocycles. The highest BCUT2D eigenvalue weighted by Gasteiger charge is 2.40. The van der Waals surface area contributed by atoms with E-state index < -0.39 is 11.5 Å². The number of aliphatic hydroxyl groups is 1. The first kappa shape index (κ1) is 20.4. The Balaban J connectivity index is 1.81. The normalized spacial score (nSPS) is 17.0. The summed E-state index contributed by atoms with van der Waals surface area (Å²) in [5.74, 6) is 0.836. The molecule has 1 amide bonds. The van der Waals surface area contributed by atoms with Gasteiger partial charge in [0, 0.05) is 19.8 Å². The molecule has 2 N–H and O–H groups in total. The maximum Gasteiger partial charge on any atom is 0.226 e. The Hall–Kier alpha value is -2.37. The Morgan fingerprint density at radius 2 is 1.89 bits per heavy atom. The van der Waals surface area contributed by atoms with Gasteiger partial charge in [-0.15, -0.1) is 0 Å². The highest BCUT2D eigenvalue weighted by Crippen LogP contribution is 2.36. The van der Waals surface area contributed by atoms with Crippen molar-refractivity contribution < 1.29 is 19.4 Å². The summed E-state index contributed by atoms with van der Waals surface area (Å²) in [5.41, 5.74) is 2.86. The second-order valence-corrected chi connectivity index (χ2v) is 7.56. The fraction of sp³-hybridized carbons (Fsp3) is 0.435. The Bertz CT molecular complexity index is 779. The number of methoxy groups -OCH3 is 1. The third-order valence-corrected chi connectivity index (χ3v) is 5.38. The quantitative estimate of drug-likeness (QED) is 0.771. The molecule has 1 aliphatic rings. The van der Waals surface area contributed by atoms with Crippen LogP contribution in [0, 0.1) is 5.41 Å². The number of carbonyl (C=O) groups excluding carboxylic acids is 1. The summed E-state index contributed by atoms with van der Waals surface area (Å²) in [6.07, 6.45) is 1.47. The number of rotatable bonds is 7. The van der Waals surface area contributed by atoms with Crippen LogP contribution < -0.4 is 10.1 Å². The van der Waals surface area contributed by atoms with Crippen molar-refractivity contribution in [2.45, 2.75) is 32.3 Å². The number of carbonyl (C=O) groups is 1. The van der Waals surface area contributed by atoms with Crippen LogP contribution in [0.4, 0.5) is 0 Å². The molecule has 5 nitrogen and oxygen atoms in total. The summed E-state index contributed by atoms with van der Waals surface area (Å²) in [6.45, 7) is 3.11. The van der Waals surface area contributed by atoms with Crippen LogP contribution in [0.3, 0.4) is 0 Å². The molecule has 28 heavy (non-hydrogen) atoms. The maximum absolute atomic E-state index is 13.0. The molecule has 0 spiro atoms. The molecule has 1 fully saturated rings. The van der Waals surface area contributed by atoms with Gasteiger partial charge in [-0.3, -0.25) is 4.79 Å². The number of benzene rings is 2. The zero-order valence-corrected chi connectivity index (χ0v) is 16.6. The minimum atomic E-state index is -0.556. The summed E-state index contributed by atoms with van der Waals surface area (Å²) in [7, 11) is 1.66. The summed E-state index contributed by atoms with van der Waals surface area (Å²) in [6, 6.07) is 16.3. The molecule has 0 saturated carbocycles. The van der Waals surface area contributed by atoms with Gasteiger partial charge in [0.05, 0.1) is 18.6 Å². The van der Waals surface area contributed by atoms with Crippen LogP contribution >= 0.6 is 0 Å². The molecule has 1 aliphatic heterocycles. The van der Waals surface area contributed by atoms with E-state index in [0.717, 1.165) is 22.4 Å². The van der Waals surface area contributed by atoms with Gasteiger partial charge in [-0.2, -0.15) is 0 Å². The zero-order chi connectivity index (χ0) is 20.0. The molecular weight excluding hydrogens is 354 g/mol. The van der Waals surface area contributed by atoms with Gasteiger partial charge in [-0.1, -0.05) is 36.4 Å². The first-order valence-electron chi connectivity index (χ1n) is 9.80. The first-order valence-corrected chi connectivity index (χ1v) is 9.80. The molecule has 1 atom stereocenters. The topological polar surface area (TPSA) is 67.8 Å². The van der Waals surface area contributed by atoms with Gasteiger partial charge in [-0.25, -0.2) is 0 Å². The van der Waals surface area contributed by atoms with E-state index in [9.17, 15) is 9.90 Å². The third-order valence-electron chi connectivity index (χ3n) is 5.38. The van der Waals surface area contributed by atoms with E-state index in [0.29, 0.717) is 32.5 Å². The first-order chi connectivity index (χ1) is 13.5. The summed E-state index contributed by atoms with van der Waals surface area (Å²) in [5, 5.41) is 12.4. The Morgan fingerprint density at radius 1 is 1.18 bits per heavy atom. The lowest BCUT2D eigenvalue weighted by molar-refractivity contribution is -0.137. The molecule has 1 heterocycles. The SMILES string of the molecule is COc1ccc(-c2cccc(CC3(C(=O)NC[C@@H](C)O)CCOCC3)c2)cc1. The van der Waals surface area contributed by atoms with Gasteiger partial charge >= 0.3 is 0 Å². The lowest BCUT2D eigenvalue weighted by Crippen LogP contribution is -2.47. The monoisotopic (exact) mass is 383 g/mol. The smallest absolute Gasteiger partial charge is 0.226 e. The molecule has 0 radical (unpaired) electrons. The molecule has 150 valence electrons. The van der Waals surface area contributed by atoms with Gasteiger partial charge in [0.1, 0.15) is 5.75 Å². The predicted octanol–water partition coefficient (Wildman–Crippen LogP) is 3.20. The van der Waals surface area contributed by atoms with Crippen LogP contribution in [0.25, 0.3) is 11.1 Å². The average Bonchev–Trinajstić information content (AvgIpc) is 2.73. The molecule has 0 aromatic heterocycles. The van der Waals surface area contributed by atoms with Crippen LogP contribution in [-0.2, 0) is 16.0 Å². The van der Waals surface area contributed by atoms with Crippen LogP contribution in [0.15, 0.2) is 48.5 Å². The third kappa shape index (κ3) is 4.91. The van der Waals surface area contributed by atoms with Crippen molar-refractivity contribution in [3.63, 3.8) is 0 Å². The summed E-state index contributed by atoms with van der Waals surface area (Å²) in [4.78, 5) is 13.0. The molecule has 0 bridgehead atoms. The van der Waals surface area contributed by atoms with Crippen molar-refractivity contribution in [1.29, 1.82) is 0 Å². The number of nitrogens with one attached hydrogen (secondary N) is 1. The fourth-order valence-corrected chi connectivity index (χ4v) is 3.71. The van der Waals surface area contributed by atoms with E-state index in [-0.39, 0.29) is 12.5 Å². The van der Waals surface area contributed by atoms with Crippen molar-refractivity contribution in [3.05, 3.63) is 54.1 Å². The average molecular weight is 383 g/mol. The minimum absolute atomic E-state index is 0.00607. The van der Waals surface area contributed by atoms with E-state index in [1.807, 2.05) is 30.3 Å². The Kier molecular flexibility index (Phi) is 6.70. The molecule has 1 saturated heterocycles. The van der Waals surface area contributed by atoms with Gasteiger partial charge in [-0.05, 0) is 55.0 Å². The predicted molar refractivity (Wildman–Crippen MR) is 109 cm³/mol. The van der Waals surface area contributed by atoms with Crippen LogP contribution in [0.5, 0.6) is 5.75 Å². The van der Waals surface area contributed by atoms with Gasteiger partial charge in [0.15, 0.2) is 0 Å². The van der Waals surface area contributed by atoms with Crippen LogP contribution in [-0.4, -0.2) is 44.0 Å². The van der Waals surface area contributed by atoms with E-state index in [2.05, 4.69) is 23.5 Å². The largest absolute Gasteiger partial charge is 0.497 e. The van der Waals surface area contributed by atoms with Gasteiger partial charge in [0.2, 0.25) is 5.91 Å². The molecule has 2 aromatic rings. The number of amides is 1. The second kappa shape index (κ2) is 9.22. The lowest BCUT2D eigenvalue weighted by Gasteiger charge is -2.36. The van der Waals surface area contributed by atoms with Gasteiger partial charge < -0.3 is 19.9 Å². The van der Waals surface area contributed by atoms with E-state index in [1.165, 1.54) is 0 Å². The standard InChI is InChI=1S/C23H29NO4/c1-17(25)16-24-22(26)23(10-12-28-13-11-23)15-18-4-3-5-20(14-18)19-6-8-21(27-2)9-7-19/h3-9,14,17,25H,10-13,15-16H2,1-2H3,(H,24,26)/t17-/m1/s1. The van der Waals surface area contributed by atoms with Gasteiger partial charge in [0.25, 0.3) is 0 Å². The molecule has 5 heteroatoms. The highest BCUT2D eigenvalue weighted by molar-refractivity contribution is 5.83. The number of hydrogen-bond donors (Lipinski definition) is 2. The summed E-state index contributed by atoms with van der Waals surface area (Å²) >= 11 is 0. The molecule has 0 unspecified atom stereocenters. The molecular formula is C23H29NO4. The minimum Gasteiger partial charge on any atom is -0.497 e. The van der Waals surface area contributed by atoms with Crippen molar-refractivity contribution in [3.8, 4) is 16.9 Å². The van der Waals surface area contributed by atoms with Crippen LogP contribution in [0.2, 0.25) is 0 Å². The van der Waals surface area contributed by atoms with Crippen molar-refractivity contribution >= 4 is 5.91 Å². The Labute approximate surface area is 166 Å². The second-order valence-electron chi connectivity index (χ2n) is 7.56. The van der Waals surface area contributed by atoms with E-state index in [4.69, 9.17) is 9.47 Å². The van der Waals surface area contributed by atoms with Crippen LogP contribution in [0.1, 0.15) is 25.3 Å². The number of aliphatic hydroxyl groups excluding tert-OH is 1. The highest BCUT2D eigenvalue weighted by atomic mass is 16.5. The number of hydrogen-bond acceptors (Lipinski definition) is 4. The van der Waals surface area contributed by atoms with Crippen molar-refractivity contribution in [2.75, 3.05) is 26.9 Å². The Morgan fingerprint density at radius 3 is 2.54 bits per heavy atom. The van der Waals surface area contributed by atoms with Crippen molar-refractivity contribution in [2.24, 2.45) is 5.41 Å². The van der Waals surface area contributed by atoms with Crippen molar-refractivity contribution in [1.82, 2.24) is 5.32 Å². The maximum atomic E-state index is 13.0. The van der Waals surface area contributed by atoms with E-state index >= 15 is 0 Å². The van der Waals surface area contributed by atoms with E-state index in [1.54, 1.807) is 14.0 Å². The molecule has 3 rings (SSSR count). The zero-order valence-electron chi connectivity index (χ0n) is 16.6. The summed E-state index contributed by atoms with van der Waals surface area (Å²) < 4.78 is 10.7. The lowest BCUT2D eigenvalue weighted by atomic mass is 9.74. The molecule has 0 aliphatic carbocycles. The number of ether oxygens (including phenoxy) is 2.